The van der Waals surface area contributed by atoms with E-state index in [4.69, 9.17) is 4.74 Å². The number of carbonyl (C=O) groups is 3. The molecule has 4 rings (SSSR count). The molecule has 0 radical (unpaired) electrons. The van der Waals surface area contributed by atoms with Gasteiger partial charge in [-0.1, -0.05) is 18.2 Å². The molecule has 1 saturated heterocycles. The third-order valence-corrected chi connectivity index (χ3v) is 5.64. The highest BCUT2D eigenvalue weighted by Gasteiger charge is 2.36. The molecule has 1 N–H and O–H groups in total. The minimum Gasteiger partial charge on any atom is -0.449 e. The number of hydrogen-bond donors (Lipinski definition) is 1. The van der Waals surface area contributed by atoms with Crippen molar-refractivity contribution in [3.05, 3.63) is 54.1 Å². The third-order valence-electron chi connectivity index (χ3n) is 5.64. The Morgan fingerprint density at radius 2 is 2.00 bits per heavy atom. The highest BCUT2D eigenvalue weighted by Crippen LogP contribution is 2.37. The summed E-state index contributed by atoms with van der Waals surface area (Å²) in [5, 5.41) is 2.89. The van der Waals surface area contributed by atoms with Gasteiger partial charge in [0.05, 0.1) is 16.9 Å². The fourth-order valence-electron chi connectivity index (χ4n) is 4.13. The normalized spacial score (nSPS) is 18.1. The zero-order valence-corrected chi connectivity index (χ0v) is 17.1. The number of likely N-dealkylation sites (N-methyl/N-ethyl adjacent to an activating group) is 1. The molecule has 2 aromatic carbocycles. The van der Waals surface area contributed by atoms with E-state index < -0.39 is 12.1 Å². The molecule has 156 valence electrons. The van der Waals surface area contributed by atoms with E-state index in [2.05, 4.69) is 10.2 Å². The number of rotatable bonds is 5. The fraction of sp³-hybridized carbons (Fsp3) is 0.348. The minimum absolute atomic E-state index is 0.0458. The Bertz CT molecular complexity index is 976. The van der Waals surface area contributed by atoms with Gasteiger partial charge in [-0.15, -0.1) is 0 Å². The number of carbonyl (C=O) groups excluding carboxylic acids is 3. The SMILES string of the molecule is CCN(C(=O)[C@@H](C)OC(=O)c1ccc2c(c1)NC(=O)[C@@H]1CCCN21)c1ccccc1. The predicted molar refractivity (Wildman–Crippen MR) is 115 cm³/mol. The molecule has 2 amide bonds. The Morgan fingerprint density at radius 3 is 2.73 bits per heavy atom. The summed E-state index contributed by atoms with van der Waals surface area (Å²) in [5.74, 6) is -0.931. The molecule has 0 saturated carbocycles. The third kappa shape index (κ3) is 3.63. The maximum atomic E-state index is 12.8. The molecule has 2 aliphatic rings. The molecule has 2 aliphatic heterocycles. The molecule has 0 aliphatic carbocycles. The van der Waals surface area contributed by atoms with Crippen molar-refractivity contribution in [2.24, 2.45) is 0 Å². The molecule has 0 spiro atoms. The molecule has 2 aromatic rings. The van der Waals surface area contributed by atoms with Crippen LogP contribution in [0.25, 0.3) is 0 Å². The average Bonchev–Trinajstić information content (AvgIpc) is 3.25. The zero-order chi connectivity index (χ0) is 21.3. The average molecular weight is 407 g/mol. The maximum absolute atomic E-state index is 12.8. The van der Waals surface area contributed by atoms with Gasteiger partial charge in [-0.2, -0.15) is 0 Å². The summed E-state index contributed by atoms with van der Waals surface area (Å²) in [5.41, 5.74) is 2.57. The highest BCUT2D eigenvalue weighted by molar-refractivity contribution is 6.06. The number of ether oxygens (including phenoxy) is 1. The summed E-state index contributed by atoms with van der Waals surface area (Å²) in [4.78, 5) is 41.5. The quantitative estimate of drug-likeness (QED) is 0.770. The largest absolute Gasteiger partial charge is 0.449 e. The lowest BCUT2D eigenvalue weighted by Gasteiger charge is -2.33. The summed E-state index contributed by atoms with van der Waals surface area (Å²) in [6, 6.07) is 14.3. The van der Waals surface area contributed by atoms with Crippen LogP contribution in [-0.4, -0.2) is 43.0 Å². The van der Waals surface area contributed by atoms with Gasteiger partial charge >= 0.3 is 5.97 Å². The second-order valence-corrected chi connectivity index (χ2v) is 7.54. The second-order valence-electron chi connectivity index (χ2n) is 7.54. The minimum atomic E-state index is -0.939. The highest BCUT2D eigenvalue weighted by atomic mass is 16.5. The number of benzene rings is 2. The first-order valence-electron chi connectivity index (χ1n) is 10.3. The molecular weight excluding hydrogens is 382 g/mol. The van der Waals surface area contributed by atoms with Crippen molar-refractivity contribution >= 4 is 34.8 Å². The molecule has 2 atom stereocenters. The summed E-state index contributed by atoms with van der Waals surface area (Å²) in [6.45, 7) is 4.73. The van der Waals surface area contributed by atoms with Crippen LogP contribution in [0.5, 0.6) is 0 Å². The first-order chi connectivity index (χ1) is 14.5. The van der Waals surface area contributed by atoms with E-state index in [1.54, 1.807) is 24.0 Å². The van der Waals surface area contributed by atoms with Crippen LogP contribution in [0.1, 0.15) is 37.0 Å². The van der Waals surface area contributed by atoms with Gasteiger partial charge in [0.15, 0.2) is 6.10 Å². The smallest absolute Gasteiger partial charge is 0.338 e. The fourth-order valence-corrected chi connectivity index (χ4v) is 4.13. The van der Waals surface area contributed by atoms with Crippen molar-refractivity contribution in [2.45, 2.75) is 38.8 Å². The predicted octanol–water partition coefficient (Wildman–Crippen LogP) is 3.21. The van der Waals surface area contributed by atoms with Crippen molar-refractivity contribution in [3.8, 4) is 0 Å². The van der Waals surface area contributed by atoms with Crippen LogP contribution in [0.3, 0.4) is 0 Å². The molecule has 2 heterocycles. The van der Waals surface area contributed by atoms with Crippen LogP contribution in [0.15, 0.2) is 48.5 Å². The van der Waals surface area contributed by atoms with Gasteiger partial charge in [0.25, 0.3) is 5.91 Å². The first kappa shape index (κ1) is 19.9. The number of esters is 1. The Labute approximate surface area is 175 Å². The Kier molecular flexibility index (Phi) is 5.44. The van der Waals surface area contributed by atoms with E-state index >= 15 is 0 Å². The lowest BCUT2D eigenvalue weighted by atomic mass is 10.1. The van der Waals surface area contributed by atoms with Gasteiger partial charge in [-0.05, 0) is 57.0 Å². The van der Waals surface area contributed by atoms with E-state index in [1.807, 2.05) is 43.3 Å². The van der Waals surface area contributed by atoms with Crippen molar-refractivity contribution < 1.29 is 19.1 Å². The number of nitrogens with zero attached hydrogens (tertiary/aromatic N) is 2. The molecule has 0 unspecified atom stereocenters. The van der Waals surface area contributed by atoms with E-state index in [9.17, 15) is 14.4 Å². The molecule has 1 fully saturated rings. The molecule has 0 bridgehead atoms. The van der Waals surface area contributed by atoms with Gasteiger partial charge in [0.1, 0.15) is 6.04 Å². The number of amides is 2. The first-order valence-corrected chi connectivity index (χ1v) is 10.3. The topological polar surface area (TPSA) is 79.0 Å². The molecular formula is C23H25N3O4. The molecule has 7 heteroatoms. The van der Waals surface area contributed by atoms with E-state index in [0.717, 1.165) is 30.8 Å². The van der Waals surface area contributed by atoms with Gasteiger partial charge in [-0.25, -0.2) is 4.79 Å². The van der Waals surface area contributed by atoms with Crippen LogP contribution in [-0.2, 0) is 14.3 Å². The zero-order valence-electron chi connectivity index (χ0n) is 17.1. The number of hydrogen-bond acceptors (Lipinski definition) is 5. The monoisotopic (exact) mass is 407 g/mol. The Morgan fingerprint density at radius 1 is 1.23 bits per heavy atom. The Balaban J connectivity index is 1.48. The van der Waals surface area contributed by atoms with Crippen LogP contribution in [0.2, 0.25) is 0 Å². The standard InChI is InChI=1S/C23H25N3O4/c1-3-25(17-8-5-4-6-9-17)22(28)15(2)30-23(29)16-11-12-19-18(14-16)24-21(27)20-10-7-13-26(19)20/h4-6,8-9,11-12,14-15,20H,3,7,10,13H2,1-2H3,(H,24,27)/t15-,20+/m1/s1. The van der Waals surface area contributed by atoms with Gasteiger partial charge in [-0.3, -0.25) is 9.59 Å². The van der Waals surface area contributed by atoms with Crippen molar-refractivity contribution in [1.29, 1.82) is 0 Å². The molecule has 7 nitrogen and oxygen atoms in total. The number of nitrogens with one attached hydrogen (secondary N) is 1. The summed E-state index contributed by atoms with van der Waals surface area (Å²) in [7, 11) is 0. The van der Waals surface area contributed by atoms with Gasteiger partial charge < -0.3 is 19.9 Å². The number of para-hydroxylation sites is 1. The van der Waals surface area contributed by atoms with Gasteiger partial charge in [0.2, 0.25) is 5.91 Å². The molecule has 30 heavy (non-hydrogen) atoms. The van der Waals surface area contributed by atoms with Crippen molar-refractivity contribution in [1.82, 2.24) is 0 Å². The van der Waals surface area contributed by atoms with Crippen molar-refractivity contribution in [3.63, 3.8) is 0 Å². The lowest BCUT2D eigenvalue weighted by molar-refractivity contribution is -0.126. The molecule has 0 aromatic heterocycles. The van der Waals surface area contributed by atoms with Crippen molar-refractivity contribution in [2.75, 3.05) is 28.2 Å². The van der Waals surface area contributed by atoms with Crippen LogP contribution in [0, 0.1) is 0 Å². The number of fused-ring (bicyclic) bond motifs is 3. The maximum Gasteiger partial charge on any atom is 0.338 e. The van der Waals surface area contributed by atoms with E-state index in [0.29, 0.717) is 17.8 Å². The summed E-state index contributed by atoms with van der Waals surface area (Å²) < 4.78 is 5.45. The van der Waals surface area contributed by atoms with Crippen LogP contribution >= 0.6 is 0 Å². The van der Waals surface area contributed by atoms with Crippen LogP contribution < -0.4 is 15.1 Å². The number of anilines is 3. The van der Waals surface area contributed by atoms with E-state index in [-0.39, 0.29) is 17.9 Å². The second kappa shape index (κ2) is 8.18. The van der Waals surface area contributed by atoms with Gasteiger partial charge in [0, 0.05) is 18.8 Å². The van der Waals surface area contributed by atoms with Crippen LogP contribution in [0.4, 0.5) is 17.1 Å². The lowest BCUT2D eigenvalue weighted by Crippen LogP contribution is -2.44. The summed E-state index contributed by atoms with van der Waals surface area (Å²) in [6.07, 6.45) is 0.867. The Hall–Kier alpha value is -3.35. The van der Waals surface area contributed by atoms with E-state index in [1.165, 1.54) is 0 Å². The summed E-state index contributed by atoms with van der Waals surface area (Å²) >= 11 is 0.